The van der Waals surface area contributed by atoms with Crippen LogP contribution in [-0.4, -0.2) is 36.8 Å². The molecule has 1 saturated heterocycles. The predicted octanol–water partition coefficient (Wildman–Crippen LogP) is 4.48. The molecule has 3 aromatic heterocycles. The summed E-state index contributed by atoms with van der Waals surface area (Å²) in [6.45, 7) is 1.00. The van der Waals surface area contributed by atoms with Crippen molar-refractivity contribution in [1.82, 2.24) is 24.1 Å². The van der Waals surface area contributed by atoms with E-state index in [2.05, 4.69) is 15.0 Å². The summed E-state index contributed by atoms with van der Waals surface area (Å²) in [6, 6.07) is 12.0. The topological polar surface area (TPSA) is 74.8 Å². The minimum Gasteiger partial charge on any atom is -0.376 e. The van der Waals surface area contributed by atoms with Crippen molar-refractivity contribution in [2.75, 3.05) is 6.61 Å². The highest BCUT2D eigenvalue weighted by Crippen LogP contribution is 2.33. The quantitative estimate of drug-likeness (QED) is 0.393. The summed E-state index contributed by atoms with van der Waals surface area (Å²) in [4.78, 5) is 27.4. The van der Waals surface area contributed by atoms with E-state index < -0.39 is 11.7 Å². The van der Waals surface area contributed by atoms with Crippen molar-refractivity contribution in [1.29, 1.82) is 0 Å². The first kappa shape index (κ1) is 20.8. The molecule has 0 N–H and O–H groups in total. The maximum atomic E-state index is 13.5. The summed E-state index contributed by atoms with van der Waals surface area (Å²) < 4.78 is 48.9. The van der Waals surface area contributed by atoms with Gasteiger partial charge in [-0.05, 0) is 43.2 Å². The van der Waals surface area contributed by atoms with Gasteiger partial charge in [-0.1, -0.05) is 18.2 Å². The number of hydrogen-bond donors (Lipinski definition) is 0. The van der Waals surface area contributed by atoms with Crippen molar-refractivity contribution in [2.24, 2.45) is 0 Å². The Labute approximate surface area is 190 Å². The molecule has 6 rings (SSSR count). The van der Waals surface area contributed by atoms with Crippen LogP contribution in [0.25, 0.3) is 38.9 Å². The number of halogens is 3. The molecule has 0 aliphatic carbocycles. The first-order valence-corrected chi connectivity index (χ1v) is 10.9. The van der Waals surface area contributed by atoms with Crippen LogP contribution < -0.4 is 5.56 Å². The Bertz CT molecular complexity index is 1620. The van der Waals surface area contributed by atoms with Crippen LogP contribution in [0.3, 0.4) is 0 Å². The summed E-state index contributed by atoms with van der Waals surface area (Å²) in [5.74, 6) is 0. The van der Waals surface area contributed by atoms with E-state index in [1.54, 1.807) is 18.2 Å². The van der Waals surface area contributed by atoms with E-state index >= 15 is 0 Å². The van der Waals surface area contributed by atoms with Crippen LogP contribution in [0.4, 0.5) is 13.2 Å². The third kappa shape index (κ3) is 3.33. The highest BCUT2D eigenvalue weighted by atomic mass is 19.4. The van der Waals surface area contributed by atoms with E-state index in [4.69, 9.17) is 4.74 Å². The molecule has 0 unspecified atom stereocenters. The van der Waals surface area contributed by atoms with E-state index in [0.29, 0.717) is 29.7 Å². The lowest BCUT2D eigenvalue weighted by atomic mass is 10.2. The minimum absolute atomic E-state index is 0.0827. The number of hydrogen-bond acceptors (Lipinski definition) is 5. The van der Waals surface area contributed by atoms with Gasteiger partial charge in [0.1, 0.15) is 17.2 Å². The van der Waals surface area contributed by atoms with Gasteiger partial charge in [0.15, 0.2) is 11.3 Å². The number of nitrogens with zero attached hydrogens (tertiary/aromatic N) is 5. The second-order valence-corrected chi connectivity index (χ2v) is 8.30. The highest BCUT2D eigenvalue weighted by molar-refractivity contribution is 6.05. The SMILES string of the molecule is O=c1c2c3nc4ccccc4nc3n(-c3cccc(C(F)(F)F)c3)c2ncn1C[C@H]1CCCO1. The normalized spacial score (nSPS) is 16.7. The third-order valence-electron chi connectivity index (χ3n) is 6.09. The van der Waals surface area contributed by atoms with Gasteiger partial charge in [0, 0.05) is 12.3 Å². The molecular formula is C24H18F3N5O2. The second-order valence-electron chi connectivity index (χ2n) is 8.30. The fraction of sp³-hybridized carbons (Fsp3) is 0.250. The average Bonchev–Trinajstić information content (AvgIpc) is 3.45. The van der Waals surface area contributed by atoms with Crippen molar-refractivity contribution >= 4 is 33.2 Å². The molecule has 2 aromatic carbocycles. The van der Waals surface area contributed by atoms with Crippen molar-refractivity contribution in [3.63, 3.8) is 0 Å². The van der Waals surface area contributed by atoms with E-state index in [-0.39, 0.29) is 34.0 Å². The van der Waals surface area contributed by atoms with E-state index in [1.165, 1.54) is 27.6 Å². The monoisotopic (exact) mass is 465 g/mol. The number of alkyl halides is 3. The van der Waals surface area contributed by atoms with Gasteiger partial charge < -0.3 is 4.74 Å². The third-order valence-corrected chi connectivity index (χ3v) is 6.09. The van der Waals surface area contributed by atoms with Gasteiger partial charge in [0.25, 0.3) is 5.56 Å². The molecule has 0 spiro atoms. The van der Waals surface area contributed by atoms with Gasteiger partial charge in [-0.25, -0.2) is 15.0 Å². The zero-order valence-corrected chi connectivity index (χ0v) is 17.8. The predicted molar refractivity (Wildman–Crippen MR) is 120 cm³/mol. The summed E-state index contributed by atoms with van der Waals surface area (Å²) in [5.41, 5.74) is 0.971. The van der Waals surface area contributed by atoms with Crippen molar-refractivity contribution in [3.8, 4) is 5.69 Å². The van der Waals surface area contributed by atoms with Gasteiger partial charge in [0.05, 0.1) is 29.2 Å². The van der Waals surface area contributed by atoms with Crippen LogP contribution in [0.15, 0.2) is 59.7 Å². The smallest absolute Gasteiger partial charge is 0.376 e. The second kappa shape index (κ2) is 7.63. The first-order chi connectivity index (χ1) is 16.4. The Morgan fingerprint density at radius 1 is 1.03 bits per heavy atom. The maximum Gasteiger partial charge on any atom is 0.416 e. The number of aromatic nitrogens is 5. The average molecular weight is 465 g/mol. The van der Waals surface area contributed by atoms with Gasteiger partial charge in [-0.15, -0.1) is 0 Å². The molecule has 1 aliphatic heterocycles. The summed E-state index contributed by atoms with van der Waals surface area (Å²) in [5, 5.41) is 0.214. The van der Waals surface area contributed by atoms with Crippen molar-refractivity contribution in [3.05, 3.63) is 70.8 Å². The van der Waals surface area contributed by atoms with Crippen LogP contribution >= 0.6 is 0 Å². The molecule has 7 nitrogen and oxygen atoms in total. The molecule has 4 heterocycles. The Morgan fingerprint density at radius 2 is 1.82 bits per heavy atom. The molecule has 0 amide bonds. The summed E-state index contributed by atoms with van der Waals surface area (Å²) in [6.07, 6.45) is -1.41. The Hall–Kier alpha value is -3.79. The first-order valence-electron chi connectivity index (χ1n) is 10.9. The molecule has 0 bridgehead atoms. The van der Waals surface area contributed by atoms with Crippen LogP contribution in [0.1, 0.15) is 18.4 Å². The summed E-state index contributed by atoms with van der Waals surface area (Å²) >= 11 is 0. The lowest BCUT2D eigenvalue weighted by Gasteiger charge is -2.12. The van der Waals surface area contributed by atoms with Gasteiger partial charge in [-0.3, -0.25) is 13.9 Å². The molecule has 172 valence electrons. The lowest BCUT2D eigenvalue weighted by Crippen LogP contribution is -2.26. The number of rotatable bonds is 3. The summed E-state index contributed by atoms with van der Waals surface area (Å²) in [7, 11) is 0. The van der Waals surface area contributed by atoms with E-state index in [9.17, 15) is 18.0 Å². The standard InChI is InChI=1S/C24H18F3N5O2/c25-24(26,27)14-5-3-6-15(11-14)32-21-19(20-22(32)30-18-9-2-1-8-17(18)29-20)23(33)31(13-28-21)12-16-7-4-10-34-16/h1-3,5-6,8-9,11,13,16H,4,7,10,12H2/t16-/m1/s1. The molecular weight excluding hydrogens is 447 g/mol. The lowest BCUT2D eigenvalue weighted by molar-refractivity contribution is -0.137. The molecule has 5 aromatic rings. The number of para-hydroxylation sites is 2. The molecule has 10 heteroatoms. The van der Waals surface area contributed by atoms with Gasteiger partial charge >= 0.3 is 6.18 Å². The fourth-order valence-corrected chi connectivity index (χ4v) is 4.48. The molecule has 0 saturated carbocycles. The van der Waals surface area contributed by atoms with Crippen LogP contribution in [0.2, 0.25) is 0 Å². The number of fused-ring (bicyclic) bond motifs is 4. The van der Waals surface area contributed by atoms with E-state index in [0.717, 1.165) is 25.0 Å². The van der Waals surface area contributed by atoms with Crippen molar-refractivity contribution < 1.29 is 17.9 Å². The van der Waals surface area contributed by atoms with Crippen molar-refractivity contribution in [2.45, 2.75) is 31.7 Å². The van der Waals surface area contributed by atoms with Crippen LogP contribution in [-0.2, 0) is 17.5 Å². The number of benzene rings is 2. The number of ether oxygens (including phenoxy) is 1. The maximum absolute atomic E-state index is 13.5. The van der Waals surface area contributed by atoms with Gasteiger partial charge in [0.2, 0.25) is 0 Å². The zero-order chi connectivity index (χ0) is 23.4. The van der Waals surface area contributed by atoms with E-state index in [1.807, 2.05) is 6.07 Å². The Kier molecular flexibility index (Phi) is 4.66. The molecule has 34 heavy (non-hydrogen) atoms. The highest BCUT2D eigenvalue weighted by Gasteiger charge is 2.31. The Morgan fingerprint density at radius 3 is 2.56 bits per heavy atom. The largest absolute Gasteiger partial charge is 0.416 e. The molecule has 1 fully saturated rings. The van der Waals surface area contributed by atoms with Crippen LogP contribution in [0, 0.1) is 0 Å². The Balaban J connectivity index is 1.67. The molecule has 0 radical (unpaired) electrons. The minimum atomic E-state index is -4.52. The molecule has 1 atom stereocenters. The molecule has 1 aliphatic rings. The fourth-order valence-electron chi connectivity index (χ4n) is 4.48. The zero-order valence-electron chi connectivity index (χ0n) is 17.8. The van der Waals surface area contributed by atoms with Gasteiger partial charge in [-0.2, -0.15) is 13.2 Å². The van der Waals surface area contributed by atoms with Crippen LogP contribution in [0.5, 0.6) is 0 Å².